The van der Waals surface area contributed by atoms with E-state index in [1.165, 1.54) is 21.9 Å². The van der Waals surface area contributed by atoms with Gasteiger partial charge in [-0.15, -0.1) is 6.58 Å². The molecule has 0 saturated heterocycles. The van der Waals surface area contributed by atoms with Gasteiger partial charge in [-0.1, -0.05) is 23.8 Å². The number of furan rings is 1. The zero-order chi connectivity index (χ0) is 11.8. The Kier molecular flexibility index (Phi) is 2.25. The molecule has 0 unspecified atom stereocenters. The maximum atomic E-state index is 5.81. The van der Waals surface area contributed by atoms with Crippen LogP contribution in [0.1, 0.15) is 11.1 Å². The molecule has 1 aromatic heterocycles. The molecule has 1 heterocycles. The lowest BCUT2D eigenvalue weighted by Crippen LogP contribution is -1.79. The number of allylic oxidation sites excluding steroid dienone is 1. The van der Waals surface area contributed by atoms with Crippen LogP contribution < -0.4 is 0 Å². The fraction of sp³-hybridized carbons (Fsp3) is 0.125. The standard InChI is InChI=1S/C16H14O/c1-3-4-12-6-8-16-14(10-12)13-9-11(2)5-7-15(13)17-16/h3,5-10H,1,4H2,2H3. The van der Waals surface area contributed by atoms with Crippen molar-refractivity contribution < 1.29 is 4.42 Å². The van der Waals surface area contributed by atoms with Gasteiger partial charge in [0, 0.05) is 10.8 Å². The van der Waals surface area contributed by atoms with Crippen LogP contribution in [0.15, 0.2) is 53.5 Å². The zero-order valence-electron chi connectivity index (χ0n) is 9.86. The van der Waals surface area contributed by atoms with Crippen molar-refractivity contribution in [3.05, 3.63) is 60.2 Å². The summed E-state index contributed by atoms with van der Waals surface area (Å²) in [7, 11) is 0. The van der Waals surface area contributed by atoms with Gasteiger partial charge in [0.25, 0.3) is 0 Å². The van der Waals surface area contributed by atoms with Crippen LogP contribution in [0, 0.1) is 6.92 Å². The lowest BCUT2D eigenvalue weighted by molar-refractivity contribution is 0.668. The molecule has 0 bridgehead atoms. The molecule has 1 nitrogen and oxygen atoms in total. The summed E-state index contributed by atoms with van der Waals surface area (Å²) in [6, 6.07) is 12.6. The Morgan fingerprint density at radius 2 is 1.76 bits per heavy atom. The van der Waals surface area contributed by atoms with Crippen molar-refractivity contribution in [3.63, 3.8) is 0 Å². The smallest absolute Gasteiger partial charge is 0.135 e. The predicted octanol–water partition coefficient (Wildman–Crippen LogP) is 4.62. The molecule has 0 N–H and O–H groups in total. The van der Waals surface area contributed by atoms with Gasteiger partial charge in [0.05, 0.1) is 0 Å². The van der Waals surface area contributed by atoms with E-state index in [4.69, 9.17) is 4.42 Å². The fourth-order valence-electron chi connectivity index (χ4n) is 2.23. The lowest BCUT2D eigenvalue weighted by Gasteiger charge is -1.96. The van der Waals surface area contributed by atoms with Gasteiger partial charge in [-0.25, -0.2) is 0 Å². The third-order valence-corrected chi connectivity index (χ3v) is 3.07. The monoisotopic (exact) mass is 222 g/mol. The van der Waals surface area contributed by atoms with E-state index in [0.29, 0.717) is 0 Å². The molecule has 0 spiro atoms. The average molecular weight is 222 g/mol. The first-order chi connectivity index (χ1) is 8.28. The number of benzene rings is 2. The molecule has 0 radical (unpaired) electrons. The first kappa shape index (κ1) is 10.2. The minimum absolute atomic E-state index is 0.897. The van der Waals surface area contributed by atoms with Crippen molar-refractivity contribution in [3.8, 4) is 0 Å². The molecular weight excluding hydrogens is 208 g/mol. The predicted molar refractivity (Wildman–Crippen MR) is 72.4 cm³/mol. The van der Waals surface area contributed by atoms with E-state index in [9.17, 15) is 0 Å². The molecule has 0 fully saturated rings. The van der Waals surface area contributed by atoms with Gasteiger partial charge in [-0.3, -0.25) is 0 Å². The Bertz CT molecular complexity index is 704. The fourth-order valence-corrected chi connectivity index (χ4v) is 2.23. The van der Waals surface area contributed by atoms with Crippen molar-refractivity contribution in [1.29, 1.82) is 0 Å². The number of aryl methyl sites for hydroxylation is 1. The Balaban J connectivity index is 2.35. The van der Waals surface area contributed by atoms with Gasteiger partial charge < -0.3 is 4.42 Å². The molecule has 0 amide bonds. The summed E-state index contributed by atoms with van der Waals surface area (Å²) in [4.78, 5) is 0. The Morgan fingerprint density at radius 3 is 2.53 bits per heavy atom. The Labute approximate surface area is 100 Å². The van der Waals surface area contributed by atoms with Crippen molar-refractivity contribution in [1.82, 2.24) is 0 Å². The molecule has 3 aromatic rings. The minimum Gasteiger partial charge on any atom is -0.456 e. The van der Waals surface area contributed by atoms with Gasteiger partial charge in [-0.05, 0) is 43.2 Å². The first-order valence-corrected chi connectivity index (χ1v) is 5.80. The van der Waals surface area contributed by atoms with Crippen molar-refractivity contribution in [2.75, 3.05) is 0 Å². The summed E-state index contributed by atoms with van der Waals surface area (Å²) < 4.78 is 5.81. The maximum absolute atomic E-state index is 5.81. The highest BCUT2D eigenvalue weighted by molar-refractivity contribution is 6.05. The van der Waals surface area contributed by atoms with Crippen LogP contribution in [0.4, 0.5) is 0 Å². The molecule has 17 heavy (non-hydrogen) atoms. The summed E-state index contributed by atoms with van der Waals surface area (Å²) in [5.41, 5.74) is 4.45. The molecule has 2 aromatic carbocycles. The van der Waals surface area contributed by atoms with Crippen LogP contribution in [0.3, 0.4) is 0 Å². The molecule has 0 aliphatic carbocycles. The van der Waals surface area contributed by atoms with Crippen molar-refractivity contribution >= 4 is 21.9 Å². The molecule has 0 aliphatic heterocycles. The second kappa shape index (κ2) is 3.77. The molecule has 84 valence electrons. The Morgan fingerprint density at radius 1 is 1.06 bits per heavy atom. The van der Waals surface area contributed by atoms with Crippen LogP contribution >= 0.6 is 0 Å². The SMILES string of the molecule is C=CCc1ccc2oc3ccc(C)cc3c2c1. The second-order valence-electron chi connectivity index (χ2n) is 4.42. The number of fused-ring (bicyclic) bond motifs is 3. The van der Waals surface area contributed by atoms with E-state index in [1.807, 2.05) is 18.2 Å². The minimum atomic E-state index is 0.897. The van der Waals surface area contributed by atoms with E-state index >= 15 is 0 Å². The van der Waals surface area contributed by atoms with Crippen LogP contribution in [0.5, 0.6) is 0 Å². The highest BCUT2D eigenvalue weighted by atomic mass is 16.3. The quantitative estimate of drug-likeness (QED) is 0.576. The third kappa shape index (κ3) is 1.64. The van der Waals surface area contributed by atoms with Crippen LogP contribution in [-0.2, 0) is 6.42 Å². The van der Waals surface area contributed by atoms with E-state index in [0.717, 1.165) is 17.6 Å². The summed E-state index contributed by atoms with van der Waals surface area (Å²) in [6.45, 7) is 5.88. The van der Waals surface area contributed by atoms with Gasteiger partial charge in [-0.2, -0.15) is 0 Å². The third-order valence-electron chi connectivity index (χ3n) is 3.07. The van der Waals surface area contributed by atoms with Crippen LogP contribution in [0.25, 0.3) is 21.9 Å². The number of rotatable bonds is 2. The molecule has 0 saturated carbocycles. The molecule has 1 heteroatoms. The summed E-state index contributed by atoms with van der Waals surface area (Å²) in [6.07, 6.45) is 2.82. The van der Waals surface area contributed by atoms with Gasteiger partial charge in [0.15, 0.2) is 0 Å². The number of hydrogen-bond donors (Lipinski definition) is 0. The maximum Gasteiger partial charge on any atom is 0.135 e. The van der Waals surface area contributed by atoms with Crippen molar-refractivity contribution in [2.45, 2.75) is 13.3 Å². The van der Waals surface area contributed by atoms with Gasteiger partial charge >= 0.3 is 0 Å². The summed E-state index contributed by atoms with van der Waals surface area (Å²) in [5, 5.41) is 2.40. The highest BCUT2D eigenvalue weighted by Crippen LogP contribution is 2.30. The molecule has 0 atom stereocenters. The molecular formula is C16H14O. The second-order valence-corrected chi connectivity index (χ2v) is 4.42. The summed E-state index contributed by atoms with van der Waals surface area (Å²) >= 11 is 0. The molecule has 0 aliphatic rings. The highest BCUT2D eigenvalue weighted by Gasteiger charge is 2.07. The van der Waals surface area contributed by atoms with Crippen molar-refractivity contribution in [2.24, 2.45) is 0 Å². The topological polar surface area (TPSA) is 13.1 Å². The lowest BCUT2D eigenvalue weighted by atomic mass is 10.1. The van der Waals surface area contributed by atoms with Gasteiger partial charge in [0.2, 0.25) is 0 Å². The van der Waals surface area contributed by atoms with Crippen LogP contribution in [-0.4, -0.2) is 0 Å². The summed E-state index contributed by atoms with van der Waals surface area (Å²) in [5.74, 6) is 0. The van der Waals surface area contributed by atoms with E-state index < -0.39 is 0 Å². The average Bonchev–Trinajstić information content (AvgIpc) is 2.67. The van der Waals surface area contributed by atoms with E-state index in [-0.39, 0.29) is 0 Å². The zero-order valence-corrected chi connectivity index (χ0v) is 9.86. The molecule has 3 rings (SSSR count). The van der Waals surface area contributed by atoms with Crippen LogP contribution in [0.2, 0.25) is 0 Å². The first-order valence-electron chi connectivity index (χ1n) is 5.80. The largest absolute Gasteiger partial charge is 0.456 e. The van der Waals surface area contributed by atoms with E-state index in [1.54, 1.807) is 0 Å². The normalized spacial score (nSPS) is 11.1. The number of hydrogen-bond acceptors (Lipinski definition) is 1. The van der Waals surface area contributed by atoms with E-state index in [2.05, 4.69) is 37.8 Å². The Hall–Kier alpha value is -2.02. The van der Waals surface area contributed by atoms with Gasteiger partial charge in [0.1, 0.15) is 11.2 Å².